The number of aryl methyl sites for hydroxylation is 1. The minimum absolute atomic E-state index is 0.206. The minimum Gasteiger partial charge on any atom is -0.468 e. The molecule has 0 aliphatic carbocycles. The third kappa shape index (κ3) is 3.14. The van der Waals surface area contributed by atoms with Gasteiger partial charge >= 0.3 is 5.97 Å². The first-order chi connectivity index (χ1) is 6.61. The molecule has 0 atom stereocenters. The molecule has 0 fully saturated rings. The summed E-state index contributed by atoms with van der Waals surface area (Å²) in [4.78, 5) is 12.6. The molecule has 6 heteroatoms. The van der Waals surface area contributed by atoms with E-state index in [9.17, 15) is 4.79 Å². The lowest BCUT2D eigenvalue weighted by molar-refractivity contribution is -0.141. The molecule has 1 aromatic heterocycles. The van der Waals surface area contributed by atoms with Gasteiger partial charge in [-0.2, -0.15) is 0 Å². The maximum absolute atomic E-state index is 10.9. The summed E-state index contributed by atoms with van der Waals surface area (Å²) in [5.41, 5.74) is 0. The molecule has 0 N–H and O–H groups in total. The van der Waals surface area contributed by atoms with Crippen molar-refractivity contribution in [2.75, 3.05) is 20.7 Å². The summed E-state index contributed by atoms with van der Waals surface area (Å²) in [5, 5.41) is 7.49. The van der Waals surface area contributed by atoms with E-state index in [4.69, 9.17) is 4.42 Å². The molecular formula is C8H13N3O3. The monoisotopic (exact) mass is 199 g/mol. The molecule has 0 aromatic carbocycles. The van der Waals surface area contributed by atoms with Gasteiger partial charge in [0.25, 0.3) is 0 Å². The smallest absolute Gasteiger partial charge is 0.319 e. The van der Waals surface area contributed by atoms with Gasteiger partial charge in [-0.05, 0) is 7.05 Å². The maximum Gasteiger partial charge on any atom is 0.319 e. The molecule has 0 bridgehead atoms. The summed E-state index contributed by atoms with van der Waals surface area (Å²) in [6, 6.07) is 0. The third-order valence-corrected chi connectivity index (χ3v) is 1.60. The van der Waals surface area contributed by atoms with E-state index >= 15 is 0 Å². The molecule has 0 aliphatic heterocycles. The average molecular weight is 199 g/mol. The van der Waals surface area contributed by atoms with Crippen molar-refractivity contribution in [3.05, 3.63) is 11.8 Å². The van der Waals surface area contributed by atoms with E-state index in [1.54, 1.807) is 18.9 Å². The fraction of sp³-hybridized carbons (Fsp3) is 0.625. The van der Waals surface area contributed by atoms with Crippen molar-refractivity contribution in [3.8, 4) is 0 Å². The number of likely N-dealkylation sites (N-methyl/N-ethyl adjacent to an activating group) is 1. The summed E-state index contributed by atoms with van der Waals surface area (Å²) in [6.45, 7) is 2.37. The molecule has 14 heavy (non-hydrogen) atoms. The van der Waals surface area contributed by atoms with Crippen LogP contribution in [0.4, 0.5) is 0 Å². The summed E-state index contributed by atoms with van der Waals surface area (Å²) in [5.74, 6) is 0.726. The maximum atomic E-state index is 10.9. The zero-order valence-electron chi connectivity index (χ0n) is 8.48. The Morgan fingerprint density at radius 3 is 2.79 bits per heavy atom. The van der Waals surface area contributed by atoms with Crippen LogP contribution >= 0.6 is 0 Å². The van der Waals surface area contributed by atoms with Crippen LogP contribution in [0.25, 0.3) is 0 Å². The fourth-order valence-corrected chi connectivity index (χ4v) is 0.973. The van der Waals surface area contributed by atoms with Crippen molar-refractivity contribution >= 4 is 5.97 Å². The summed E-state index contributed by atoms with van der Waals surface area (Å²) in [6.07, 6.45) is 0. The van der Waals surface area contributed by atoms with Crippen LogP contribution in [0.5, 0.6) is 0 Å². The Balaban J connectivity index is 2.41. The number of hydrogen-bond acceptors (Lipinski definition) is 6. The highest BCUT2D eigenvalue weighted by Crippen LogP contribution is 2.01. The lowest BCUT2D eigenvalue weighted by Crippen LogP contribution is -2.26. The number of methoxy groups -OCH3 is 1. The van der Waals surface area contributed by atoms with Crippen LogP contribution in [0.3, 0.4) is 0 Å². The normalized spacial score (nSPS) is 10.6. The zero-order chi connectivity index (χ0) is 10.6. The Morgan fingerprint density at radius 1 is 1.57 bits per heavy atom. The summed E-state index contributed by atoms with van der Waals surface area (Å²) >= 11 is 0. The van der Waals surface area contributed by atoms with Crippen molar-refractivity contribution in [1.82, 2.24) is 15.1 Å². The number of ether oxygens (including phenoxy) is 1. The van der Waals surface area contributed by atoms with Crippen LogP contribution < -0.4 is 0 Å². The van der Waals surface area contributed by atoms with Gasteiger partial charge < -0.3 is 9.15 Å². The zero-order valence-corrected chi connectivity index (χ0v) is 8.48. The molecule has 0 radical (unpaired) electrons. The average Bonchev–Trinajstić information content (AvgIpc) is 2.50. The first kappa shape index (κ1) is 10.6. The largest absolute Gasteiger partial charge is 0.468 e. The highest BCUT2D eigenvalue weighted by molar-refractivity contribution is 5.71. The van der Waals surface area contributed by atoms with Gasteiger partial charge in [0.15, 0.2) is 0 Å². The molecule has 0 spiro atoms. The number of carbonyl (C=O) groups is 1. The SMILES string of the molecule is COC(=O)CN(C)Cc1nnc(C)o1. The predicted octanol–water partition coefficient (Wildman–Crippen LogP) is -0.0172. The van der Waals surface area contributed by atoms with Crippen LogP contribution in [0, 0.1) is 6.92 Å². The van der Waals surface area contributed by atoms with E-state index < -0.39 is 0 Å². The Morgan fingerprint density at radius 2 is 2.29 bits per heavy atom. The molecule has 0 aliphatic rings. The fourth-order valence-electron chi connectivity index (χ4n) is 0.973. The highest BCUT2D eigenvalue weighted by Gasteiger charge is 2.10. The van der Waals surface area contributed by atoms with Crippen molar-refractivity contribution in [1.29, 1.82) is 0 Å². The molecule has 1 aromatic rings. The van der Waals surface area contributed by atoms with E-state index in [0.717, 1.165) is 0 Å². The van der Waals surface area contributed by atoms with Gasteiger partial charge in [-0.25, -0.2) is 0 Å². The Kier molecular flexibility index (Phi) is 3.58. The lowest BCUT2D eigenvalue weighted by Gasteiger charge is -2.11. The molecule has 0 unspecified atom stereocenters. The molecule has 0 amide bonds. The Labute approximate surface area is 81.9 Å². The van der Waals surface area contributed by atoms with Gasteiger partial charge in [-0.1, -0.05) is 0 Å². The number of esters is 1. The summed E-state index contributed by atoms with van der Waals surface area (Å²) in [7, 11) is 3.13. The van der Waals surface area contributed by atoms with Crippen LogP contribution in [0.15, 0.2) is 4.42 Å². The minimum atomic E-state index is -0.288. The highest BCUT2D eigenvalue weighted by atomic mass is 16.5. The van der Waals surface area contributed by atoms with Gasteiger partial charge in [-0.3, -0.25) is 9.69 Å². The summed E-state index contributed by atoms with van der Waals surface area (Å²) < 4.78 is 9.67. The van der Waals surface area contributed by atoms with Gasteiger partial charge in [0.1, 0.15) is 0 Å². The van der Waals surface area contributed by atoms with Gasteiger partial charge in [0.2, 0.25) is 11.8 Å². The van der Waals surface area contributed by atoms with Crippen LogP contribution in [0.1, 0.15) is 11.8 Å². The van der Waals surface area contributed by atoms with Crippen molar-refractivity contribution in [2.45, 2.75) is 13.5 Å². The second-order valence-corrected chi connectivity index (χ2v) is 2.96. The van der Waals surface area contributed by atoms with Gasteiger partial charge in [-0.15, -0.1) is 10.2 Å². The third-order valence-electron chi connectivity index (χ3n) is 1.60. The Bertz CT molecular complexity index is 311. The molecule has 1 heterocycles. The van der Waals surface area contributed by atoms with E-state index in [2.05, 4.69) is 14.9 Å². The molecule has 78 valence electrons. The van der Waals surface area contributed by atoms with Crippen LogP contribution in [-0.4, -0.2) is 41.8 Å². The van der Waals surface area contributed by atoms with Crippen molar-refractivity contribution < 1.29 is 13.9 Å². The molecule has 0 saturated carbocycles. The predicted molar refractivity (Wildman–Crippen MR) is 47.4 cm³/mol. The topological polar surface area (TPSA) is 68.5 Å². The van der Waals surface area contributed by atoms with E-state index in [1.807, 2.05) is 0 Å². The van der Waals surface area contributed by atoms with Crippen LogP contribution in [0.2, 0.25) is 0 Å². The lowest BCUT2D eigenvalue weighted by atomic mass is 10.5. The Hall–Kier alpha value is -1.43. The van der Waals surface area contributed by atoms with E-state index in [-0.39, 0.29) is 12.5 Å². The number of carbonyl (C=O) groups excluding carboxylic acids is 1. The second kappa shape index (κ2) is 4.71. The van der Waals surface area contributed by atoms with Crippen LogP contribution in [-0.2, 0) is 16.1 Å². The molecule has 0 saturated heterocycles. The first-order valence-corrected chi connectivity index (χ1v) is 4.16. The number of rotatable bonds is 4. The van der Waals surface area contributed by atoms with E-state index in [0.29, 0.717) is 18.3 Å². The van der Waals surface area contributed by atoms with Gasteiger partial charge in [0, 0.05) is 6.92 Å². The molecular weight excluding hydrogens is 186 g/mol. The first-order valence-electron chi connectivity index (χ1n) is 4.16. The standard InChI is InChI=1S/C8H13N3O3/c1-6-9-10-7(14-6)4-11(2)5-8(12)13-3/h4-5H2,1-3H3. The number of nitrogens with zero attached hydrogens (tertiary/aromatic N) is 3. The number of hydrogen-bond donors (Lipinski definition) is 0. The molecule has 6 nitrogen and oxygen atoms in total. The van der Waals surface area contributed by atoms with E-state index in [1.165, 1.54) is 7.11 Å². The van der Waals surface area contributed by atoms with Gasteiger partial charge in [0.05, 0.1) is 20.2 Å². The quantitative estimate of drug-likeness (QED) is 0.635. The van der Waals surface area contributed by atoms with Crippen molar-refractivity contribution in [2.24, 2.45) is 0 Å². The second-order valence-electron chi connectivity index (χ2n) is 2.96. The molecule has 1 rings (SSSR count). The number of aromatic nitrogens is 2. The van der Waals surface area contributed by atoms with Crippen molar-refractivity contribution in [3.63, 3.8) is 0 Å².